The summed E-state index contributed by atoms with van der Waals surface area (Å²) < 4.78 is 11.7. The lowest BCUT2D eigenvalue weighted by Gasteiger charge is -2.24. The second-order valence-electron chi connectivity index (χ2n) is 11.9. The Bertz CT molecular complexity index is 1630. The van der Waals surface area contributed by atoms with E-state index in [2.05, 4.69) is 60.0 Å². The Morgan fingerprint density at radius 2 is 1.81 bits per heavy atom. The third-order valence-electron chi connectivity index (χ3n) is 7.26. The first-order chi connectivity index (χ1) is 23.2. The SMILES string of the molecule is C=O.C\C=C/N=C/C=C/Oc1ccc(NC(=O)Nc2cc(C(C)(C)C)cc(NC3=NC(CNCCCC)CS3)c2OC)c2ccccc12. The molecule has 3 aromatic carbocycles. The number of aliphatic imine (C=N–C) groups is 2. The van der Waals surface area contributed by atoms with Crippen LogP contribution in [0.5, 0.6) is 11.5 Å². The summed E-state index contributed by atoms with van der Waals surface area (Å²) in [5.74, 6) is 2.11. The smallest absolute Gasteiger partial charge is 0.323 e. The van der Waals surface area contributed by atoms with Crippen molar-refractivity contribution in [2.45, 2.75) is 58.9 Å². The number of fused-ring (bicyclic) bond motifs is 1. The number of rotatable bonds is 13. The molecule has 0 saturated heterocycles. The van der Waals surface area contributed by atoms with E-state index in [0.29, 0.717) is 22.9 Å². The fourth-order valence-corrected chi connectivity index (χ4v) is 5.78. The second kappa shape index (κ2) is 19.3. The minimum absolute atomic E-state index is 0.176. The molecular weight excluding hydrogens is 625 g/mol. The van der Waals surface area contributed by atoms with Crippen LogP contribution in [0.2, 0.25) is 0 Å². The van der Waals surface area contributed by atoms with Gasteiger partial charge in [0.15, 0.2) is 10.9 Å². The third-order valence-corrected chi connectivity index (χ3v) is 8.29. The molecule has 0 saturated carbocycles. The van der Waals surface area contributed by atoms with Gasteiger partial charge in [-0.3, -0.25) is 9.98 Å². The highest BCUT2D eigenvalue weighted by Gasteiger charge is 2.24. The van der Waals surface area contributed by atoms with E-state index in [9.17, 15) is 4.79 Å². The Morgan fingerprint density at radius 1 is 1.08 bits per heavy atom. The maximum atomic E-state index is 13.5. The van der Waals surface area contributed by atoms with Crippen LogP contribution in [0.4, 0.5) is 21.9 Å². The number of amides is 2. The van der Waals surface area contributed by atoms with Crippen molar-refractivity contribution in [3.63, 3.8) is 0 Å². The summed E-state index contributed by atoms with van der Waals surface area (Å²) in [4.78, 5) is 30.5. The minimum Gasteiger partial charge on any atom is -0.492 e. The van der Waals surface area contributed by atoms with Gasteiger partial charge in [0.25, 0.3) is 0 Å². The molecule has 1 atom stereocenters. The summed E-state index contributed by atoms with van der Waals surface area (Å²) in [6.45, 7) is 14.4. The zero-order valence-electron chi connectivity index (χ0n) is 28.8. The normalized spacial score (nSPS) is 14.6. The molecule has 1 aliphatic rings. The van der Waals surface area contributed by atoms with Crippen LogP contribution < -0.4 is 30.7 Å². The predicted octanol–water partition coefficient (Wildman–Crippen LogP) is 8.37. The van der Waals surface area contributed by atoms with Crippen LogP contribution in [0.25, 0.3) is 10.8 Å². The van der Waals surface area contributed by atoms with Crippen molar-refractivity contribution in [1.82, 2.24) is 5.32 Å². The molecule has 0 spiro atoms. The fourth-order valence-electron chi connectivity index (χ4n) is 4.83. The number of nitrogens with zero attached hydrogens (tertiary/aromatic N) is 2. The molecule has 256 valence electrons. The summed E-state index contributed by atoms with van der Waals surface area (Å²) in [7, 11) is 1.61. The molecule has 4 rings (SSSR count). The van der Waals surface area contributed by atoms with E-state index in [0.717, 1.165) is 52.5 Å². The number of nitrogens with one attached hydrogen (secondary N) is 4. The second-order valence-corrected chi connectivity index (χ2v) is 12.9. The van der Waals surface area contributed by atoms with Gasteiger partial charge in [0.05, 0.1) is 36.5 Å². The Kier molecular flexibility index (Phi) is 15.2. The van der Waals surface area contributed by atoms with Crippen molar-refractivity contribution < 1.29 is 19.1 Å². The van der Waals surface area contributed by atoms with Gasteiger partial charge in [-0.25, -0.2) is 4.79 Å². The van der Waals surface area contributed by atoms with Crippen molar-refractivity contribution in [3.8, 4) is 11.5 Å². The van der Waals surface area contributed by atoms with Gasteiger partial charge in [-0.2, -0.15) is 0 Å². The molecular formula is C37H48N6O4S. The van der Waals surface area contributed by atoms with Gasteiger partial charge in [-0.1, -0.05) is 76.2 Å². The largest absolute Gasteiger partial charge is 0.492 e. The van der Waals surface area contributed by atoms with E-state index in [-0.39, 0.29) is 17.5 Å². The molecule has 11 heteroatoms. The van der Waals surface area contributed by atoms with Crippen molar-refractivity contribution in [3.05, 3.63) is 78.7 Å². The number of unbranched alkanes of at least 4 members (excludes halogenated alkanes) is 1. The number of carbonyl (C=O) groups excluding carboxylic acids is 2. The molecule has 1 heterocycles. The standard InChI is InChI=1S/C36H46N6O3S.CH2O/c1-7-9-18-38-23-26-24-46-35(39-26)42-31-22-25(36(3,4)5)21-30(33(31)44-6)41-34(43)40-29-15-16-32(28-14-11-10-13-27(28)29)45-20-12-19-37-17-8-2;1-2/h8,10-17,19-22,26,38H,7,9,18,23-24H2,1-6H3,(H,39,42)(H2,40,41,43);1H2/b17-8-,20-12+,37-19+;. The number of urea groups is 1. The number of carbonyl (C=O) groups is 2. The number of methoxy groups -OCH3 is 1. The molecule has 48 heavy (non-hydrogen) atoms. The van der Waals surface area contributed by atoms with E-state index in [1.807, 2.05) is 62.3 Å². The molecule has 0 aliphatic carbocycles. The topological polar surface area (TPSA) is 125 Å². The number of benzene rings is 3. The van der Waals surface area contributed by atoms with Crippen LogP contribution in [-0.4, -0.2) is 56.2 Å². The quantitative estimate of drug-likeness (QED) is 0.0817. The lowest BCUT2D eigenvalue weighted by Crippen LogP contribution is -2.26. The first-order valence-corrected chi connectivity index (χ1v) is 17.0. The van der Waals surface area contributed by atoms with E-state index < -0.39 is 0 Å². The van der Waals surface area contributed by atoms with Crippen LogP contribution in [0.1, 0.15) is 53.0 Å². The van der Waals surface area contributed by atoms with Crippen molar-refractivity contribution in [2.24, 2.45) is 9.98 Å². The van der Waals surface area contributed by atoms with Crippen LogP contribution in [0.15, 0.2) is 83.1 Å². The first kappa shape index (κ1) is 37.8. The lowest BCUT2D eigenvalue weighted by atomic mass is 9.86. The molecule has 0 radical (unpaired) electrons. The molecule has 0 aromatic heterocycles. The molecule has 0 fully saturated rings. The monoisotopic (exact) mass is 672 g/mol. The summed E-state index contributed by atoms with van der Waals surface area (Å²) in [5.41, 5.74) is 2.84. The van der Waals surface area contributed by atoms with Crippen molar-refractivity contribution in [1.29, 1.82) is 0 Å². The van der Waals surface area contributed by atoms with Gasteiger partial charge in [0.2, 0.25) is 0 Å². The Balaban J connectivity index is 0.00000307. The number of hydrogen-bond donors (Lipinski definition) is 4. The van der Waals surface area contributed by atoms with Gasteiger partial charge in [0.1, 0.15) is 12.5 Å². The fraction of sp³-hybridized carbons (Fsp3) is 0.351. The van der Waals surface area contributed by atoms with Crippen LogP contribution in [0, 0.1) is 0 Å². The highest BCUT2D eigenvalue weighted by molar-refractivity contribution is 8.14. The van der Waals surface area contributed by atoms with E-state index in [4.69, 9.17) is 19.3 Å². The molecule has 4 N–H and O–H groups in total. The van der Waals surface area contributed by atoms with E-state index in [1.54, 1.807) is 43.6 Å². The lowest BCUT2D eigenvalue weighted by molar-refractivity contribution is -0.0980. The van der Waals surface area contributed by atoms with Crippen LogP contribution in [-0.2, 0) is 10.2 Å². The average molecular weight is 673 g/mol. The van der Waals surface area contributed by atoms with Gasteiger partial charge >= 0.3 is 6.03 Å². The highest BCUT2D eigenvalue weighted by Crippen LogP contribution is 2.40. The molecule has 1 unspecified atom stereocenters. The van der Waals surface area contributed by atoms with Crippen LogP contribution >= 0.6 is 11.8 Å². The maximum Gasteiger partial charge on any atom is 0.323 e. The van der Waals surface area contributed by atoms with Gasteiger partial charge in [-0.05, 0) is 61.2 Å². The number of amidine groups is 1. The van der Waals surface area contributed by atoms with E-state index >= 15 is 0 Å². The van der Waals surface area contributed by atoms with Gasteiger partial charge in [-0.15, -0.1) is 0 Å². The maximum absolute atomic E-state index is 13.5. The number of anilines is 3. The number of ether oxygens (including phenoxy) is 2. The molecule has 10 nitrogen and oxygen atoms in total. The molecule has 1 aliphatic heterocycles. The van der Waals surface area contributed by atoms with Gasteiger partial charge in [0, 0.05) is 35.5 Å². The van der Waals surface area contributed by atoms with Crippen molar-refractivity contribution in [2.75, 3.05) is 41.9 Å². The summed E-state index contributed by atoms with van der Waals surface area (Å²) in [6, 6.07) is 15.3. The Morgan fingerprint density at radius 3 is 2.52 bits per heavy atom. The number of hydrogen-bond acceptors (Lipinski definition) is 9. The molecule has 3 aromatic rings. The van der Waals surface area contributed by atoms with Crippen molar-refractivity contribution >= 4 is 63.8 Å². The minimum atomic E-state index is -0.389. The summed E-state index contributed by atoms with van der Waals surface area (Å²) >= 11 is 1.69. The first-order valence-electron chi connectivity index (χ1n) is 16.0. The average Bonchev–Trinajstić information content (AvgIpc) is 3.53. The zero-order chi connectivity index (χ0) is 34.9. The van der Waals surface area contributed by atoms with Gasteiger partial charge < -0.3 is 35.5 Å². The zero-order valence-corrected chi connectivity index (χ0v) is 29.6. The predicted molar refractivity (Wildman–Crippen MR) is 204 cm³/mol. The number of thioether (sulfide) groups is 1. The number of allylic oxidation sites excluding steroid dienone is 2. The molecule has 0 bridgehead atoms. The Hall–Kier alpha value is -4.61. The summed E-state index contributed by atoms with van der Waals surface area (Å²) in [6.07, 6.45) is 10.8. The molecule has 2 amide bonds. The Labute approximate surface area is 288 Å². The van der Waals surface area contributed by atoms with Crippen LogP contribution in [0.3, 0.4) is 0 Å². The summed E-state index contributed by atoms with van der Waals surface area (Å²) in [5, 5.41) is 15.6. The highest BCUT2D eigenvalue weighted by atomic mass is 32.2. The third kappa shape index (κ3) is 11.0. The van der Waals surface area contributed by atoms with E-state index in [1.165, 1.54) is 6.42 Å².